The Bertz CT molecular complexity index is 196. The second-order valence-electron chi connectivity index (χ2n) is 3.13. The van der Waals surface area contributed by atoms with Crippen molar-refractivity contribution < 1.29 is 44.6 Å². The van der Waals surface area contributed by atoms with E-state index in [9.17, 15) is 0 Å². The van der Waals surface area contributed by atoms with Crippen LogP contribution in [0.1, 0.15) is 19.8 Å². The minimum absolute atomic E-state index is 0. The van der Waals surface area contributed by atoms with Crippen molar-refractivity contribution in [3.63, 3.8) is 0 Å². The van der Waals surface area contributed by atoms with E-state index in [1.54, 1.807) is 0 Å². The van der Waals surface area contributed by atoms with Gasteiger partial charge in [-0.1, -0.05) is 13.3 Å². The molecule has 0 atom stereocenters. The third kappa shape index (κ3) is 11.5. The molecule has 82 valence electrons. The Morgan fingerprint density at radius 2 is 2.07 bits per heavy atom. The van der Waals surface area contributed by atoms with E-state index in [0.29, 0.717) is 0 Å². The van der Waals surface area contributed by atoms with Crippen LogP contribution in [0.2, 0.25) is 0 Å². The standard InChI is InChI=1S/C8H16N2.CH2O3.Na/c1-3-4-5-10-7-6-9(2)8-10;2-1(3)4;/h6-7H,3-5,8H2,1-2H3;(H2,2,3,4);/q;;+1/p-1. The van der Waals surface area contributed by atoms with Gasteiger partial charge in [-0.15, -0.1) is 0 Å². The van der Waals surface area contributed by atoms with Crippen molar-refractivity contribution in [3.8, 4) is 0 Å². The maximum absolute atomic E-state index is 8.44. The second-order valence-corrected chi connectivity index (χ2v) is 3.13. The summed E-state index contributed by atoms with van der Waals surface area (Å²) in [5.74, 6) is 0. The summed E-state index contributed by atoms with van der Waals surface area (Å²) >= 11 is 0. The quantitative estimate of drug-likeness (QED) is 0.531. The third-order valence-electron chi connectivity index (χ3n) is 1.74. The Kier molecular flexibility index (Phi) is 11.5. The molecule has 0 unspecified atom stereocenters. The molecule has 1 aliphatic rings. The fourth-order valence-electron chi connectivity index (χ4n) is 1.10. The minimum atomic E-state index is -2.08. The molecule has 0 aromatic heterocycles. The first-order chi connectivity index (χ1) is 6.56. The zero-order chi connectivity index (χ0) is 11.0. The SMILES string of the molecule is CCCCN1C=CN(C)C1.O=C([O-])O.[Na+]. The minimum Gasteiger partial charge on any atom is -0.565 e. The van der Waals surface area contributed by atoms with Crippen LogP contribution in [0.15, 0.2) is 12.4 Å². The van der Waals surface area contributed by atoms with Crippen LogP contribution in [0.25, 0.3) is 0 Å². The van der Waals surface area contributed by atoms with Gasteiger partial charge in [-0.2, -0.15) is 0 Å². The largest absolute Gasteiger partial charge is 1.00 e. The van der Waals surface area contributed by atoms with Crippen LogP contribution in [0.4, 0.5) is 4.79 Å². The van der Waals surface area contributed by atoms with Crippen LogP contribution >= 0.6 is 0 Å². The molecule has 1 heterocycles. The molecule has 0 aromatic rings. The van der Waals surface area contributed by atoms with E-state index in [0.717, 1.165) is 6.67 Å². The van der Waals surface area contributed by atoms with Crippen molar-refractivity contribution in [1.29, 1.82) is 0 Å². The van der Waals surface area contributed by atoms with Gasteiger partial charge in [0, 0.05) is 26.0 Å². The molecule has 5 nitrogen and oxygen atoms in total. The normalized spacial score (nSPS) is 12.9. The fourth-order valence-corrected chi connectivity index (χ4v) is 1.10. The van der Waals surface area contributed by atoms with Gasteiger partial charge in [-0.25, -0.2) is 0 Å². The van der Waals surface area contributed by atoms with Crippen molar-refractivity contribution >= 4 is 6.16 Å². The molecule has 0 spiro atoms. The van der Waals surface area contributed by atoms with Crippen molar-refractivity contribution in [2.45, 2.75) is 19.8 Å². The molecule has 0 saturated heterocycles. The van der Waals surface area contributed by atoms with Gasteiger partial charge in [0.2, 0.25) is 6.16 Å². The molecule has 0 saturated carbocycles. The Balaban J connectivity index is 0. The van der Waals surface area contributed by atoms with Crippen LogP contribution in [0, 0.1) is 0 Å². The average molecular weight is 224 g/mol. The number of nitrogens with zero attached hydrogens (tertiary/aromatic N) is 2. The number of hydrogen-bond donors (Lipinski definition) is 1. The first-order valence-electron chi connectivity index (χ1n) is 4.58. The Morgan fingerprint density at radius 1 is 1.53 bits per heavy atom. The molecule has 1 N–H and O–H groups in total. The zero-order valence-corrected chi connectivity index (χ0v) is 11.6. The zero-order valence-electron chi connectivity index (χ0n) is 9.64. The van der Waals surface area contributed by atoms with E-state index in [1.165, 1.54) is 19.4 Å². The second kappa shape index (κ2) is 10.1. The summed E-state index contributed by atoms with van der Waals surface area (Å²) in [5.41, 5.74) is 0. The van der Waals surface area contributed by atoms with Gasteiger partial charge in [-0.3, -0.25) is 0 Å². The van der Waals surface area contributed by atoms with Crippen molar-refractivity contribution in [3.05, 3.63) is 12.4 Å². The Labute approximate surface area is 113 Å². The van der Waals surface area contributed by atoms with Crippen LogP contribution in [-0.4, -0.2) is 41.3 Å². The maximum Gasteiger partial charge on any atom is 1.00 e. The van der Waals surface area contributed by atoms with E-state index in [2.05, 4.69) is 36.2 Å². The van der Waals surface area contributed by atoms with Gasteiger partial charge >= 0.3 is 29.6 Å². The van der Waals surface area contributed by atoms with Crippen LogP contribution in [0.5, 0.6) is 0 Å². The van der Waals surface area contributed by atoms with Crippen molar-refractivity contribution in [1.82, 2.24) is 9.80 Å². The van der Waals surface area contributed by atoms with Crippen molar-refractivity contribution in [2.24, 2.45) is 0 Å². The van der Waals surface area contributed by atoms with Crippen LogP contribution < -0.4 is 34.7 Å². The summed E-state index contributed by atoms with van der Waals surface area (Å²) in [4.78, 5) is 13.0. The number of rotatable bonds is 3. The monoisotopic (exact) mass is 224 g/mol. The third-order valence-corrected chi connectivity index (χ3v) is 1.74. The van der Waals surface area contributed by atoms with Gasteiger partial charge in [-0.05, 0) is 6.42 Å². The van der Waals surface area contributed by atoms with Crippen LogP contribution in [0.3, 0.4) is 0 Å². The Hall–Kier alpha value is -0.390. The first kappa shape index (κ1) is 17.0. The predicted molar refractivity (Wildman–Crippen MR) is 51.4 cm³/mol. The number of hydrogen-bond acceptors (Lipinski definition) is 4. The Morgan fingerprint density at radius 3 is 2.40 bits per heavy atom. The fraction of sp³-hybridized carbons (Fsp3) is 0.667. The van der Waals surface area contributed by atoms with E-state index in [-0.39, 0.29) is 29.6 Å². The number of unbranched alkanes of at least 4 members (excludes halogenated alkanes) is 1. The van der Waals surface area contributed by atoms with Gasteiger partial charge in [0.05, 0.1) is 6.67 Å². The van der Waals surface area contributed by atoms with Crippen molar-refractivity contribution in [2.75, 3.05) is 20.3 Å². The molecular formula is C9H17N2NaO3. The smallest absolute Gasteiger partial charge is 0.565 e. The molecule has 0 aliphatic carbocycles. The molecular weight excluding hydrogens is 207 g/mol. The van der Waals surface area contributed by atoms with E-state index in [4.69, 9.17) is 15.0 Å². The van der Waals surface area contributed by atoms with Gasteiger partial charge < -0.3 is 24.8 Å². The summed E-state index contributed by atoms with van der Waals surface area (Å²) < 4.78 is 0. The van der Waals surface area contributed by atoms with E-state index < -0.39 is 6.16 Å². The number of carbonyl (C=O) groups is 1. The first-order valence-corrected chi connectivity index (χ1v) is 4.58. The summed E-state index contributed by atoms with van der Waals surface area (Å²) in [6.07, 6.45) is 4.79. The molecule has 0 bridgehead atoms. The molecule has 0 fully saturated rings. The van der Waals surface area contributed by atoms with Crippen LogP contribution in [-0.2, 0) is 0 Å². The molecule has 0 radical (unpaired) electrons. The summed E-state index contributed by atoms with van der Waals surface area (Å²) in [7, 11) is 2.10. The molecule has 1 rings (SSSR count). The maximum atomic E-state index is 8.44. The summed E-state index contributed by atoms with van der Waals surface area (Å²) in [6.45, 7) is 4.50. The molecule has 1 aliphatic heterocycles. The predicted octanol–water partition coefficient (Wildman–Crippen LogP) is -2.65. The van der Waals surface area contributed by atoms with E-state index in [1.807, 2.05) is 0 Å². The summed E-state index contributed by atoms with van der Waals surface area (Å²) in [6, 6.07) is 0. The van der Waals surface area contributed by atoms with Gasteiger partial charge in [0.25, 0.3) is 0 Å². The molecule has 0 amide bonds. The molecule has 0 aromatic carbocycles. The topological polar surface area (TPSA) is 66.8 Å². The average Bonchev–Trinajstić information content (AvgIpc) is 2.47. The summed E-state index contributed by atoms with van der Waals surface area (Å²) in [5, 5.41) is 15.3. The number of carboxylic acid groups (broad SMARTS) is 2. The van der Waals surface area contributed by atoms with Gasteiger partial charge in [0.15, 0.2) is 0 Å². The van der Waals surface area contributed by atoms with E-state index >= 15 is 0 Å². The molecule has 6 heteroatoms. The molecule has 15 heavy (non-hydrogen) atoms. The van der Waals surface area contributed by atoms with Gasteiger partial charge in [0.1, 0.15) is 0 Å².